The van der Waals surface area contributed by atoms with Crippen molar-refractivity contribution < 1.29 is 9.59 Å². The summed E-state index contributed by atoms with van der Waals surface area (Å²) >= 11 is 0. The van der Waals surface area contributed by atoms with Crippen LogP contribution < -0.4 is 5.32 Å². The summed E-state index contributed by atoms with van der Waals surface area (Å²) in [4.78, 5) is 34.1. The third-order valence-electron chi connectivity index (χ3n) is 6.55. The van der Waals surface area contributed by atoms with Crippen molar-refractivity contribution in [2.45, 2.75) is 52.7 Å². The predicted molar refractivity (Wildman–Crippen MR) is 122 cm³/mol. The van der Waals surface area contributed by atoms with Crippen LogP contribution in [0.1, 0.15) is 36.8 Å². The molecule has 4 heterocycles. The van der Waals surface area contributed by atoms with Gasteiger partial charge in [-0.2, -0.15) is 5.10 Å². The van der Waals surface area contributed by atoms with E-state index in [1.165, 1.54) is 0 Å². The summed E-state index contributed by atoms with van der Waals surface area (Å²) in [7, 11) is 0. The number of nitrogens with zero attached hydrogens (tertiary/aromatic N) is 5. The quantitative estimate of drug-likeness (QED) is 0.712. The minimum Gasteiger partial charge on any atom is -0.351 e. The summed E-state index contributed by atoms with van der Waals surface area (Å²) in [5.74, 6) is 0.213. The van der Waals surface area contributed by atoms with Crippen molar-refractivity contribution in [3.05, 3.63) is 47.5 Å². The third-order valence-corrected chi connectivity index (χ3v) is 6.55. The van der Waals surface area contributed by atoms with Crippen molar-refractivity contribution in [2.75, 3.05) is 26.2 Å². The number of hydrogen-bond acceptors (Lipinski definition) is 5. The second kappa shape index (κ2) is 9.81. The minimum atomic E-state index is -0.105. The molecule has 2 amide bonds. The average molecular weight is 439 g/mol. The molecule has 2 aromatic rings. The average Bonchev–Trinajstić information content (AvgIpc) is 3.04. The predicted octanol–water partition coefficient (Wildman–Crippen LogP) is 1.77. The molecule has 172 valence electrons. The Morgan fingerprint density at radius 2 is 1.91 bits per heavy atom. The van der Waals surface area contributed by atoms with E-state index in [4.69, 9.17) is 0 Å². The molecule has 0 saturated carbocycles. The lowest BCUT2D eigenvalue weighted by atomic mass is 9.91. The molecular formula is C24H34N6O2. The first-order chi connectivity index (χ1) is 15.4. The van der Waals surface area contributed by atoms with E-state index in [2.05, 4.69) is 20.3 Å². The molecular weight excluding hydrogens is 404 g/mol. The highest BCUT2D eigenvalue weighted by molar-refractivity contribution is 5.85. The van der Waals surface area contributed by atoms with Gasteiger partial charge in [-0.05, 0) is 64.9 Å². The summed E-state index contributed by atoms with van der Waals surface area (Å²) in [6.45, 7) is 10.4. The molecule has 2 aromatic heterocycles. The molecule has 0 radical (unpaired) electrons. The highest BCUT2D eigenvalue weighted by Gasteiger charge is 2.39. The van der Waals surface area contributed by atoms with Gasteiger partial charge in [0, 0.05) is 43.5 Å². The van der Waals surface area contributed by atoms with Gasteiger partial charge in [-0.25, -0.2) is 0 Å². The molecule has 8 nitrogen and oxygen atoms in total. The topological polar surface area (TPSA) is 83.4 Å². The van der Waals surface area contributed by atoms with Crippen molar-refractivity contribution in [2.24, 2.45) is 11.8 Å². The molecule has 4 rings (SSSR count). The van der Waals surface area contributed by atoms with Crippen LogP contribution in [-0.4, -0.2) is 68.6 Å². The summed E-state index contributed by atoms with van der Waals surface area (Å²) < 4.78 is 1.93. The van der Waals surface area contributed by atoms with Crippen LogP contribution in [0.25, 0.3) is 0 Å². The molecule has 8 heteroatoms. The van der Waals surface area contributed by atoms with Crippen LogP contribution in [0.5, 0.6) is 0 Å². The molecule has 0 spiro atoms. The number of carbonyl (C=O) groups excluding carboxylic acids is 2. The normalized spacial score (nSPS) is 18.9. The molecule has 2 fully saturated rings. The second-order valence-corrected chi connectivity index (χ2v) is 9.33. The smallest absolute Gasteiger partial charge is 0.226 e. The first-order valence-electron chi connectivity index (χ1n) is 11.6. The zero-order valence-electron chi connectivity index (χ0n) is 19.3. The number of hydrogen-bond donors (Lipinski definition) is 1. The van der Waals surface area contributed by atoms with Crippen LogP contribution in [0.2, 0.25) is 0 Å². The van der Waals surface area contributed by atoms with Crippen molar-refractivity contribution in [3.8, 4) is 0 Å². The molecule has 1 atom stereocenters. The Kier molecular flexibility index (Phi) is 6.89. The summed E-state index contributed by atoms with van der Waals surface area (Å²) in [5.41, 5.74) is 3.15. The zero-order chi connectivity index (χ0) is 22.7. The van der Waals surface area contributed by atoms with E-state index < -0.39 is 0 Å². The number of nitrogens with one attached hydrogen (secondary N) is 1. The van der Waals surface area contributed by atoms with Gasteiger partial charge < -0.3 is 10.2 Å². The van der Waals surface area contributed by atoms with Gasteiger partial charge in [0.25, 0.3) is 0 Å². The fourth-order valence-electron chi connectivity index (χ4n) is 4.67. The lowest BCUT2D eigenvalue weighted by molar-refractivity contribution is -0.147. The number of piperidine rings is 1. The molecule has 0 aromatic carbocycles. The number of aryl methyl sites for hydroxylation is 2. The fourth-order valence-corrected chi connectivity index (χ4v) is 4.67. The number of pyridine rings is 1. The van der Waals surface area contributed by atoms with Crippen LogP contribution in [0.15, 0.2) is 30.5 Å². The van der Waals surface area contributed by atoms with E-state index in [9.17, 15) is 9.59 Å². The van der Waals surface area contributed by atoms with E-state index in [0.717, 1.165) is 49.6 Å². The van der Waals surface area contributed by atoms with Crippen LogP contribution in [-0.2, 0) is 22.7 Å². The summed E-state index contributed by atoms with van der Waals surface area (Å²) in [6, 6.07) is 8.01. The SMILES string of the molecule is Cc1cc(C)n(CC(C)NC(=O)C2CN(C(=O)C3CCN(Cc4ccccn4)CC3)C2)n1. The van der Waals surface area contributed by atoms with E-state index >= 15 is 0 Å². The number of carbonyl (C=O) groups is 2. The standard InChI is InChI=1S/C24H34N6O2/c1-17-12-19(3)30(27-17)13-18(2)26-23(31)21-14-29(15-21)24(32)20-7-10-28(11-8-20)16-22-6-4-5-9-25-22/h4-6,9,12,18,20-21H,7-8,10-11,13-16H2,1-3H3,(H,26,31). The van der Waals surface area contributed by atoms with E-state index in [0.29, 0.717) is 19.6 Å². The van der Waals surface area contributed by atoms with Gasteiger partial charge >= 0.3 is 0 Å². The summed E-state index contributed by atoms with van der Waals surface area (Å²) in [5, 5.41) is 7.54. The van der Waals surface area contributed by atoms with Crippen molar-refractivity contribution in [1.82, 2.24) is 29.9 Å². The highest BCUT2D eigenvalue weighted by atomic mass is 16.2. The van der Waals surface area contributed by atoms with Crippen LogP contribution in [0.3, 0.4) is 0 Å². The number of amides is 2. The monoisotopic (exact) mass is 438 g/mol. The van der Waals surface area contributed by atoms with Gasteiger partial charge in [-0.15, -0.1) is 0 Å². The Balaban J connectivity index is 1.17. The Hall–Kier alpha value is -2.74. The molecule has 2 aliphatic heterocycles. The maximum atomic E-state index is 12.9. The van der Waals surface area contributed by atoms with E-state index in [-0.39, 0.29) is 29.7 Å². The molecule has 2 aliphatic rings. The molecule has 2 saturated heterocycles. The van der Waals surface area contributed by atoms with Crippen LogP contribution >= 0.6 is 0 Å². The summed E-state index contributed by atoms with van der Waals surface area (Å²) in [6.07, 6.45) is 3.57. The Labute approximate surface area is 190 Å². The number of likely N-dealkylation sites (tertiary alicyclic amines) is 2. The maximum Gasteiger partial charge on any atom is 0.226 e. The highest BCUT2D eigenvalue weighted by Crippen LogP contribution is 2.25. The first kappa shape index (κ1) is 22.5. The van der Waals surface area contributed by atoms with Crippen molar-refractivity contribution in [3.63, 3.8) is 0 Å². The van der Waals surface area contributed by atoms with E-state index in [1.807, 2.05) is 60.8 Å². The lowest BCUT2D eigenvalue weighted by Gasteiger charge is -2.42. The molecule has 32 heavy (non-hydrogen) atoms. The van der Waals surface area contributed by atoms with Gasteiger partial charge in [-0.1, -0.05) is 6.07 Å². The van der Waals surface area contributed by atoms with Gasteiger partial charge in [0.1, 0.15) is 0 Å². The van der Waals surface area contributed by atoms with Crippen LogP contribution in [0.4, 0.5) is 0 Å². The second-order valence-electron chi connectivity index (χ2n) is 9.33. The van der Waals surface area contributed by atoms with Crippen LogP contribution in [0, 0.1) is 25.7 Å². The Morgan fingerprint density at radius 1 is 1.16 bits per heavy atom. The van der Waals surface area contributed by atoms with E-state index in [1.54, 1.807) is 0 Å². The first-order valence-corrected chi connectivity index (χ1v) is 11.6. The van der Waals surface area contributed by atoms with Crippen molar-refractivity contribution >= 4 is 11.8 Å². The number of rotatable bonds is 7. The lowest BCUT2D eigenvalue weighted by Crippen LogP contribution is -2.58. The number of aromatic nitrogens is 3. The molecule has 1 N–H and O–H groups in total. The minimum absolute atomic E-state index is 0.00585. The molecule has 0 aliphatic carbocycles. The zero-order valence-corrected chi connectivity index (χ0v) is 19.3. The van der Waals surface area contributed by atoms with Gasteiger partial charge in [0.2, 0.25) is 11.8 Å². The van der Waals surface area contributed by atoms with Gasteiger partial charge in [0.15, 0.2) is 0 Å². The largest absolute Gasteiger partial charge is 0.351 e. The Bertz CT molecular complexity index is 929. The Morgan fingerprint density at radius 3 is 2.53 bits per heavy atom. The fraction of sp³-hybridized carbons (Fsp3) is 0.583. The third kappa shape index (κ3) is 5.35. The molecule has 1 unspecified atom stereocenters. The maximum absolute atomic E-state index is 12.9. The van der Waals surface area contributed by atoms with Gasteiger partial charge in [0.05, 0.1) is 23.9 Å². The van der Waals surface area contributed by atoms with Crippen molar-refractivity contribution in [1.29, 1.82) is 0 Å². The molecule has 0 bridgehead atoms. The van der Waals surface area contributed by atoms with Gasteiger partial charge in [-0.3, -0.25) is 24.2 Å².